The molecule has 5 heteroatoms. The summed E-state index contributed by atoms with van der Waals surface area (Å²) in [6.07, 6.45) is 4.50. The highest BCUT2D eigenvalue weighted by Crippen LogP contribution is 2.30. The van der Waals surface area contributed by atoms with Crippen molar-refractivity contribution in [2.24, 2.45) is 0 Å². The maximum Gasteiger partial charge on any atom is 0.126 e. The molecule has 2 saturated heterocycles. The number of aromatic amines is 1. The van der Waals surface area contributed by atoms with E-state index in [0.29, 0.717) is 6.04 Å². The lowest BCUT2D eigenvalue weighted by atomic mass is 9.93. The van der Waals surface area contributed by atoms with E-state index in [1.807, 2.05) is 6.20 Å². The lowest BCUT2D eigenvalue weighted by molar-refractivity contribution is -0.0442. The Morgan fingerprint density at radius 3 is 2.59 bits per heavy atom. The van der Waals surface area contributed by atoms with E-state index in [9.17, 15) is 0 Å². The number of H-pyrrole nitrogens is 1. The van der Waals surface area contributed by atoms with Crippen molar-refractivity contribution < 1.29 is 4.74 Å². The Hall–Kier alpha value is -0.910. The first kappa shape index (κ1) is 16.0. The van der Waals surface area contributed by atoms with E-state index in [4.69, 9.17) is 4.74 Å². The average Bonchev–Trinajstić information content (AvgIpc) is 2.98. The zero-order chi connectivity index (χ0) is 15.7. The number of rotatable bonds is 2. The second-order valence-corrected chi connectivity index (χ2v) is 7.80. The number of nitrogens with zero attached hydrogens (tertiary/aromatic N) is 3. The summed E-state index contributed by atoms with van der Waals surface area (Å²) in [5.74, 6) is 1.07. The Morgan fingerprint density at radius 1 is 1.23 bits per heavy atom. The predicted molar refractivity (Wildman–Crippen MR) is 88.1 cm³/mol. The second kappa shape index (κ2) is 6.30. The van der Waals surface area contributed by atoms with Gasteiger partial charge in [-0.05, 0) is 33.0 Å². The van der Waals surface area contributed by atoms with E-state index in [2.05, 4.69) is 47.6 Å². The fourth-order valence-electron chi connectivity index (χ4n) is 3.50. The van der Waals surface area contributed by atoms with Gasteiger partial charge >= 0.3 is 0 Å². The van der Waals surface area contributed by atoms with Crippen molar-refractivity contribution in [1.82, 2.24) is 19.8 Å². The summed E-state index contributed by atoms with van der Waals surface area (Å²) in [5, 5.41) is 0. The van der Waals surface area contributed by atoms with Gasteiger partial charge in [-0.3, -0.25) is 4.90 Å². The Balaban J connectivity index is 1.76. The molecule has 22 heavy (non-hydrogen) atoms. The van der Waals surface area contributed by atoms with Gasteiger partial charge in [0.1, 0.15) is 5.82 Å². The summed E-state index contributed by atoms with van der Waals surface area (Å²) in [6, 6.07) is 0.937. The van der Waals surface area contributed by atoms with Crippen molar-refractivity contribution in [1.29, 1.82) is 0 Å². The van der Waals surface area contributed by atoms with Crippen molar-refractivity contribution in [2.75, 3.05) is 39.9 Å². The SMILES string of the molecule is CN1CCC(N2CCOC[C@H]2c2ncc(C(C)(C)C)[nH]2)CC1. The molecule has 0 aliphatic carbocycles. The van der Waals surface area contributed by atoms with Crippen LogP contribution in [0.5, 0.6) is 0 Å². The number of likely N-dealkylation sites (tertiary alicyclic amines) is 1. The number of ether oxygens (including phenoxy) is 1. The Kier molecular flexibility index (Phi) is 4.57. The number of nitrogens with one attached hydrogen (secondary N) is 1. The quantitative estimate of drug-likeness (QED) is 0.909. The van der Waals surface area contributed by atoms with E-state index in [1.54, 1.807) is 0 Å². The van der Waals surface area contributed by atoms with Gasteiger partial charge < -0.3 is 14.6 Å². The number of piperidine rings is 1. The van der Waals surface area contributed by atoms with Crippen LogP contribution in [0.3, 0.4) is 0 Å². The average molecular weight is 306 g/mol. The van der Waals surface area contributed by atoms with Gasteiger partial charge in [-0.2, -0.15) is 0 Å². The first-order chi connectivity index (χ1) is 10.4. The van der Waals surface area contributed by atoms with Crippen LogP contribution >= 0.6 is 0 Å². The number of aromatic nitrogens is 2. The Morgan fingerprint density at radius 2 is 1.95 bits per heavy atom. The van der Waals surface area contributed by atoms with Crippen LogP contribution in [0.15, 0.2) is 6.20 Å². The molecule has 5 nitrogen and oxygen atoms in total. The molecule has 0 spiro atoms. The molecule has 1 N–H and O–H groups in total. The third-order valence-electron chi connectivity index (χ3n) is 5.05. The highest BCUT2D eigenvalue weighted by Gasteiger charge is 2.34. The summed E-state index contributed by atoms with van der Waals surface area (Å²) in [6.45, 7) is 11.7. The molecular weight excluding hydrogens is 276 g/mol. The normalized spacial score (nSPS) is 26.5. The van der Waals surface area contributed by atoms with Gasteiger partial charge in [0.2, 0.25) is 0 Å². The molecule has 0 aromatic carbocycles. The number of hydrogen-bond acceptors (Lipinski definition) is 4. The van der Waals surface area contributed by atoms with E-state index < -0.39 is 0 Å². The zero-order valence-electron chi connectivity index (χ0n) is 14.4. The third kappa shape index (κ3) is 3.36. The standard InChI is InChI=1S/C17H30N4O/c1-17(2,3)15-11-18-16(19-15)14-12-22-10-9-21(14)13-5-7-20(4)8-6-13/h11,13-14H,5-10,12H2,1-4H3,(H,18,19)/t14-/m0/s1. The molecule has 0 bridgehead atoms. The smallest absolute Gasteiger partial charge is 0.126 e. The van der Waals surface area contributed by atoms with E-state index in [0.717, 1.165) is 25.6 Å². The molecule has 3 heterocycles. The summed E-state index contributed by atoms with van der Waals surface area (Å²) in [7, 11) is 2.22. The number of imidazole rings is 1. The molecule has 1 atom stereocenters. The summed E-state index contributed by atoms with van der Waals surface area (Å²) < 4.78 is 5.76. The maximum absolute atomic E-state index is 5.76. The lowest BCUT2D eigenvalue weighted by Crippen LogP contribution is -2.50. The van der Waals surface area contributed by atoms with Gasteiger partial charge in [0.15, 0.2) is 0 Å². The zero-order valence-corrected chi connectivity index (χ0v) is 14.4. The second-order valence-electron chi connectivity index (χ2n) is 7.80. The minimum absolute atomic E-state index is 0.110. The molecule has 3 rings (SSSR count). The van der Waals surface area contributed by atoms with Gasteiger partial charge in [-0.25, -0.2) is 4.98 Å². The topological polar surface area (TPSA) is 44.4 Å². The van der Waals surface area contributed by atoms with Gasteiger partial charge in [0.05, 0.1) is 19.3 Å². The van der Waals surface area contributed by atoms with Crippen LogP contribution in [-0.2, 0) is 10.2 Å². The van der Waals surface area contributed by atoms with Gasteiger partial charge in [0.25, 0.3) is 0 Å². The third-order valence-corrected chi connectivity index (χ3v) is 5.05. The summed E-state index contributed by atoms with van der Waals surface area (Å²) in [4.78, 5) is 13.3. The van der Waals surface area contributed by atoms with Gasteiger partial charge in [-0.1, -0.05) is 20.8 Å². The molecule has 1 aromatic heterocycles. The summed E-state index contributed by atoms with van der Waals surface area (Å²) >= 11 is 0. The Labute approximate surface area is 134 Å². The molecule has 2 aliphatic rings. The molecular formula is C17H30N4O. The predicted octanol–water partition coefficient (Wildman–Crippen LogP) is 2.17. The number of morpholine rings is 1. The first-order valence-electron chi connectivity index (χ1n) is 8.52. The monoisotopic (exact) mass is 306 g/mol. The van der Waals surface area contributed by atoms with E-state index in [-0.39, 0.29) is 11.5 Å². The van der Waals surface area contributed by atoms with E-state index in [1.165, 1.54) is 31.6 Å². The largest absolute Gasteiger partial charge is 0.378 e. The van der Waals surface area contributed by atoms with Gasteiger partial charge in [0, 0.05) is 29.9 Å². The highest BCUT2D eigenvalue weighted by molar-refractivity contribution is 5.14. The van der Waals surface area contributed by atoms with Crippen molar-refractivity contribution in [2.45, 2.75) is 51.1 Å². The van der Waals surface area contributed by atoms with Crippen molar-refractivity contribution in [3.63, 3.8) is 0 Å². The van der Waals surface area contributed by atoms with Crippen LogP contribution in [0, 0.1) is 0 Å². The maximum atomic E-state index is 5.76. The fourth-order valence-corrected chi connectivity index (χ4v) is 3.50. The molecule has 2 aliphatic heterocycles. The molecule has 0 amide bonds. The van der Waals surface area contributed by atoms with Gasteiger partial charge in [-0.15, -0.1) is 0 Å². The Bertz CT molecular complexity index is 485. The van der Waals surface area contributed by atoms with Crippen LogP contribution < -0.4 is 0 Å². The molecule has 0 saturated carbocycles. The van der Waals surface area contributed by atoms with Crippen LogP contribution in [0.25, 0.3) is 0 Å². The fraction of sp³-hybridized carbons (Fsp3) is 0.824. The molecule has 0 radical (unpaired) electrons. The molecule has 0 unspecified atom stereocenters. The molecule has 2 fully saturated rings. The van der Waals surface area contributed by atoms with Crippen LogP contribution in [-0.4, -0.2) is 65.7 Å². The lowest BCUT2D eigenvalue weighted by Gasteiger charge is -2.43. The van der Waals surface area contributed by atoms with Crippen molar-refractivity contribution in [3.8, 4) is 0 Å². The van der Waals surface area contributed by atoms with Crippen molar-refractivity contribution >= 4 is 0 Å². The van der Waals surface area contributed by atoms with E-state index >= 15 is 0 Å². The molecule has 1 aromatic rings. The first-order valence-corrected chi connectivity index (χ1v) is 8.52. The minimum Gasteiger partial charge on any atom is -0.378 e. The van der Waals surface area contributed by atoms with Crippen LogP contribution in [0.1, 0.15) is 51.2 Å². The minimum atomic E-state index is 0.110. The molecule has 124 valence electrons. The van der Waals surface area contributed by atoms with Crippen molar-refractivity contribution in [3.05, 3.63) is 17.7 Å². The number of hydrogen-bond donors (Lipinski definition) is 1. The summed E-state index contributed by atoms with van der Waals surface area (Å²) in [5.41, 5.74) is 1.32. The van der Waals surface area contributed by atoms with Crippen LogP contribution in [0.2, 0.25) is 0 Å². The van der Waals surface area contributed by atoms with Crippen LogP contribution in [0.4, 0.5) is 0 Å². The highest BCUT2D eigenvalue weighted by atomic mass is 16.5.